The van der Waals surface area contributed by atoms with Crippen molar-refractivity contribution in [2.45, 2.75) is 32.6 Å². The Kier molecular flexibility index (Phi) is 5.45. The molecule has 1 aliphatic rings. The monoisotopic (exact) mass is 345 g/mol. The number of piperidine rings is 1. The average Bonchev–Trinajstić information content (AvgIpc) is 3.11. The van der Waals surface area contributed by atoms with Gasteiger partial charge < -0.3 is 9.64 Å². The van der Waals surface area contributed by atoms with Crippen molar-refractivity contribution < 1.29 is 9.53 Å². The highest BCUT2D eigenvalue weighted by Crippen LogP contribution is 2.27. The van der Waals surface area contributed by atoms with Gasteiger partial charge in [0.05, 0.1) is 12.8 Å². The molecule has 1 saturated heterocycles. The van der Waals surface area contributed by atoms with E-state index in [1.54, 1.807) is 7.11 Å². The van der Waals surface area contributed by atoms with Gasteiger partial charge in [-0.05, 0) is 54.8 Å². The van der Waals surface area contributed by atoms with Crippen molar-refractivity contribution in [3.05, 3.63) is 40.4 Å². The minimum Gasteiger partial charge on any atom is -0.496 e. The van der Waals surface area contributed by atoms with Gasteiger partial charge >= 0.3 is 0 Å². The van der Waals surface area contributed by atoms with Crippen molar-refractivity contribution in [3.63, 3.8) is 0 Å². The number of nitrogens with zero attached hydrogens (tertiary/aromatic N) is 3. The number of carbonyl (C=O) groups excluding carboxylic acids is 1. The van der Waals surface area contributed by atoms with Gasteiger partial charge in [-0.15, -0.1) is 5.10 Å². The number of benzene rings is 1. The minimum atomic E-state index is 0.0950. The van der Waals surface area contributed by atoms with Crippen LogP contribution in [0.3, 0.4) is 0 Å². The molecule has 2 heterocycles. The predicted octanol–water partition coefficient (Wildman–Crippen LogP) is 3.20. The van der Waals surface area contributed by atoms with Crippen LogP contribution in [0.25, 0.3) is 0 Å². The van der Waals surface area contributed by atoms with Crippen molar-refractivity contribution in [1.29, 1.82) is 0 Å². The third-order valence-corrected chi connectivity index (χ3v) is 5.44. The first-order chi connectivity index (χ1) is 11.7. The van der Waals surface area contributed by atoms with Crippen molar-refractivity contribution >= 4 is 17.4 Å². The maximum atomic E-state index is 12.6. The van der Waals surface area contributed by atoms with Crippen molar-refractivity contribution in [2.24, 2.45) is 5.92 Å². The molecule has 0 spiro atoms. The van der Waals surface area contributed by atoms with Crippen LogP contribution < -0.4 is 4.74 Å². The molecule has 3 rings (SSSR count). The summed E-state index contributed by atoms with van der Waals surface area (Å²) in [6, 6.07) is 8.20. The quantitative estimate of drug-likeness (QED) is 0.835. The summed E-state index contributed by atoms with van der Waals surface area (Å²) in [5.41, 5.74) is 2.07. The molecule has 0 radical (unpaired) electrons. The number of amides is 1. The molecule has 0 unspecified atom stereocenters. The number of carbonyl (C=O) groups is 1. The summed E-state index contributed by atoms with van der Waals surface area (Å²) in [7, 11) is 1.72. The van der Waals surface area contributed by atoms with E-state index < -0.39 is 0 Å². The number of aryl methyl sites for hydroxylation is 1. The summed E-state index contributed by atoms with van der Waals surface area (Å²) in [6.45, 7) is 3.62. The zero-order chi connectivity index (χ0) is 16.9. The molecule has 5 nitrogen and oxygen atoms in total. The molecule has 6 heteroatoms. The Bertz CT molecular complexity index is 693. The van der Waals surface area contributed by atoms with E-state index >= 15 is 0 Å². The largest absolute Gasteiger partial charge is 0.496 e. The number of hydrogen-bond acceptors (Lipinski definition) is 5. The molecular formula is C18H23N3O2S. The van der Waals surface area contributed by atoms with E-state index in [-0.39, 0.29) is 5.91 Å². The molecular weight excluding hydrogens is 322 g/mol. The third kappa shape index (κ3) is 3.59. The van der Waals surface area contributed by atoms with E-state index in [2.05, 4.69) is 21.7 Å². The van der Waals surface area contributed by atoms with E-state index in [4.69, 9.17) is 4.74 Å². The van der Waals surface area contributed by atoms with Gasteiger partial charge in [0, 0.05) is 13.1 Å². The molecule has 1 amide bonds. The number of para-hydroxylation sites is 1. The first kappa shape index (κ1) is 16.9. The van der Waals surface area contributed by atoms with Gasteiger partial charge in [0.25, 0.3) is 5.91 Å². The van der Waals surface area contributed by atoms with E-state index in [0.717, 1.165) is 50.2 Å². The van der Waals surface area contributed by atoms with Crippen LogP contribution in [0.2, 0.25) is 0 Å². The molecule has 0 aliphatic carbocycles. The maximum Gasteiger partial charge on any atom is 0.267 e. The lowest BCUT2D eigenvalue weighted by atomic mass is 9.89. The van der Waals surface area contributed by atoms with Crippen LogP contribution >= 0.6 is 11.5 Å². The van der Waals surface area contributed by atoms with Crippen molar-refractivity contribution in [1.82, 2.24) is 14.5 Å². The standard InChI is InChI=1S/C18H23N3O2S/c1-3-15-17(24-20-19-15)18(22)21-10-8-13(9-11-21)12-14-6-4-5-7-16(14)23-2/h4-7,13H,3,8-12H2,1-2H3. The maximum absolute atomic E-state index is 12.6. The molecule has 128 valence electrons. The van der Waals surface area contributed by atoms with Gasteiger partial charge in [-0.2, -0.15) is 0 Å². The number of methoxy groups -OCH3 is 1. The zero-order valence-corrected chi connectivity index (χ0v) is 15.0. The lowest BCUT2D eigenvalue weighted by Gasteiger charge is -2.32. The fourth-order valence-electron chi connectivity index (χ4n) is 3.27. The Morgan fingerprint density at radius 3 is 2.79 bits per heavy atom. The first-order valence-electron chi connectivity index (χ1n) is 8.45. The second-order valence-electron chi connectivity index (χ2n) is 6.15. The van der Waals surface area contributed by atoms with Crippen LogP contribution in [-0.2, 0) is 12.8 Å². The molecule has 24 heavy (non-hydrogen) atoms. The van der Waals surface area contributed by atoms with Gasteiger partial charge in [-0.25, -0.2) is 0 Å². The van der Waals surface area contributed by atoms with Crippen molar-refractivity contribution in [3.8, 4) is 5.75 Å². The van der Waals surface area contributed by atoms with Crippen LogP contribution in [0, 0.1) is 5.92 Å². The molecule has 0 saturated carbocycles. The van der Waals surface area contributed by atoms with Gasteiger partial charge in [0.2, 0.25) is 0 Å². The molecule has 1 aromatic carbocycles. The van der Waals surface area contributed by atoms with E-state index in [1.165, 1.54) is 17.1 Å². The lowest BCUT2D eigenvalue weighted by molar-refractivity contribution is 0.0694. The Hall–Kier alpha value is -1.95. The Morgan fingerprint density at radius 2 is 2.08 bits per heavy atom. The Morgan fingerprint density at radius 1 is 1.33 bits per heavy atom. The summed E-state index contributed by atoms with van der Waals surface area (Å²) in [5.74, 6) is 1.65. The minimum absolute atomic E-state index is 0.0950. The predicted molar refractivity (Wildman–Crippen MR) is 94.6 cm³/mol. The van der Waals surface area contributed by atoms with Crippen molar-refractivity contribution in [2.75, 3.05) is 20.2 Å². The highest BCUT2D eigenvalue weighted by atomic mass is 32.1. The second kappa shape index (κ2) is 7.75. The summed E-state index contributed by atoms with van der Waals surface area (Å²) < 4.78 is 9.37. The fourth-order valence-corrected chi connectivity index (χ4v) is 3.99. The van der Waals surface area contributed by atoms with Gasteiger partial charge in [0.1, 0.15) is 10.6 Å². The Balaban J connectivity index is 1.59. The molecule has 1 aliphatic heterocycles. The number of rotatable bonds is 5. The molecule has 1 aromatic heterocycles. The molecule has 2 aromatic rings. The normalized spacial score (nSPS) is 15.5. The Labute approximate surface area is 146 Å². The van der Waals surface area contributed by atoms with E-state index in [0.29, 0.717) is 10.8 Å². The number of hydrogen-bond donors (Lipinski definition) is 0. The smallest absolute Gasteiger partial charge is 0.267 e. The zero-order valence-electron chi connectivity index (χ0n) is 14.2. The molecule has 0 atom stereocenters. The fraction of sp³-hybridized carbons (Fsp3) is 0.500. The SMILES string of the molecule is CCc1nnsc1C(=O)N1CCC(Cc2ccccc2OC)CC1. The topological polar surface area (TPSA) is 55.3 Å². The average molecular weight is 345 g/mol. The summed E-state index contributed by atoms with van der Waals surface area (Å²) in [6.07, 6.45) is 3.81. The highest BCUT2D eigenvalue weighted by molar-refractivity contribution is 7.08. The molecule has 0 bridgehead atoms. The summed E-state index contributed by atoms with van der Waals surface area (Å²) in [4.78, 5) is 15.3. The summed E-state index contributed by atoms with van der Waals surface area (Å²) in [5, 5.41) is 4.05. The van der Waals surface area contributed by atoms with E-state index in [9.17, 15) is 4.79 Å². The van der Waals surface area contributed by atoms with Crippen LogP contribution in [0.4, 0.5) is 0 Å². The summed E-state index contributed by atoms with van der Waals surface area (Å²) >= 11 is 1.22. The van der Waals surface area contributed by atoms with Gasteiger partial charge in [0.15, 0.2) is 0 Å². The third-order valence-electron chi connectivity index (χ3n) is 4.69. The van der Waals surface area contributed by atoms with Crippen LogP contribution in [-0.4, -0.2) is 40.6 Å². The van der Waals surface area contributed by atoms with Crippen LogP contribution in [0.5, 0.6) is 5.75 Å². The molecule has 1 fully saturated rings. The number of ether oxygens (including phenoxy) is 1. The van der Waals surface area contributed by atoms with Crippen LogP contribution in [0.15, 0.2) is 24.3 Å². The highest BCUT2D eigenvalue weighted by Gasteiger charge is 2.27. The van der Waals surface area contributed by atoms with Gasteiger partial charge in [-0.3, -0.25) is 4.79 Å². The number of aromatic nitrogens is 2. The van der Waals surface area contributed by atoms with Gasteiger partial charge in [-0.1, -0.05) is 29.6 Å². The number of likely N-dealkylation sites (tertiary alicyclic amines) is 1. The van der Waals surface area contributed by atoms with E-state index in [1.807, 2.05) is 24.0 Å². The molecule has 0 N–H and O–H groups in total. The second-order valence-corrected chi connectivity index (χ2v) is 6.91. The van der Waals surface area contributed by atoms with Crippen LogP contribution in [0.1, 0.15) is 40.7 Å². The lowest BCUT2D eigenvalue weighted by Crippen LogP contribution is -2.39. The first-order valence-corrected chi connectivity index (χ1v) is 9.22.